The van der Waals surface area contributed by atoms with Gasteiger partial charge in [0.05, 0.1) is 21.7 Å². The van der Waals surface area contributed by atoms with Crippen molar-refractivity contribution in [2.24, 2.45) is 5.92 Å². The SMILES string of the molecule is CC(C)C[C@H](C(=O)OCC(=O)NNC(=O)c1ccccc1Cl)N1C(=O)c2ccccc2C1=O. The summed E-state index contributed by atoms with van der Waals surface area (Å²) in [5.74, 6) is -3.58. The van der Waals surface area contributed by atoms with Gasteiger partial charge in [-0.1, -0.05) is 49.7 Å². The number of rotatable bonds is 7. The second kappa shape index (κ2) is 10.3. The van der Waals surface area contributed by atoms with E-state index in [1.807, 2.05) is 13.8 Å². The predicted octanol–water partition coefficient (Wildman–Crippen LogP) is 2.36. The molecule has 0 unspecified atom stereocenters. The summed E-state index contributed by atoms with van der Waals surface area (Å²) >= 11 is 5.93. The third-order valence-corrected chi connectivity index (χ3v) is 5.21. The van der Waals surface area contributed by atoms with E-state index in [-0.39, 0.29) is 34.1 Å². The lowest BCUT2D eigenvalue weighted by molar-refractivity contribution is -0.153. The molecule has 2 N–H and O–H groups in total. The molecule has 0 fully saturated rings. The van der Waals surface area contributed by atoms with Crippen LogP contribution in [-0.2, 0) is 14.3 Å². The van der Waals surface area contributed by atoms with Crippen LogP contribution < -0.4 is 10.9 Å². The minimum atomic E-state index is -1.19. The average Bonchev–Trinajstić information content (AvgIpc) is 3.04. The van der Waals surface area contributed by atoms with Gasteiger partial charge in [0, 0.05) is 0 Å². The summed E-state index contributed by atoms with van der Waals surface area (Å²) in [7, 11) is 0. The standard InChI is InChI=1S/C23H22ClN3O6/c1-13(2)11-18(27-21(30)14-7-3-4-8-15(14)22(27)31)23(32)33-12-19(28)25-26-20(29)16-9-5-6-10-17(16)24/h3-10,13,18H,11-12H2,1-2H3,(H,25,28)(H,26,29)/t18-/m1/s1. The topological polar surface area (TPSA) is 122 Å². The van der Waals surface area contributed by atoms with Gasteiger partial charge in [0.15, 0.2) is 6.61 Å². The van der Waals surface area contributed by atoms with Crippen LogP contribution in [0.3, 0.4) is 0 Å². The number of halogens is 1. The molecule has 1 aliphatic rings. The molecule has 0 saturated carbocycles. The Bertz CT molecular complexity index is 1080. The molecule has 0 bridgehead atoms. The molecular formula is C23H22ClN3O6. The molecule has 10 heteroatoms. The molecule has 2 aromatic carbocycles. The first-order valence-electron chi connectivity index (χ1n) is 10.2. The second-order valence-corrected chi connectivity index (χ2v) is 8.17. The number of nitrogens with zero attached hydrogens (tertiary/aromatic N) is 1. The highest BCUT2D eigenvalue weighted by Crippen LogP contribution is 2.27. The first-order valence-corrected chi connectivity index (χ1v) is 10.6. The Balaban J connectivity index is 1.61. The normalized spacial score (nSPS) is 13.5. The highest BCUT2D eigenvalue weighted by atomic mass is 35.5. The van der Waals surface area contributed by atoms with Gasteiger partial charge in [0.2, 0.25) is 0 Å². The van der Waals surface area contributed by atoms with Crippen LogP contribution in [0, 0.1) is 5.92 Å². The first kappa shape index (κ1) is 23.9. The van der Waals surface area contributed by atoms with Crippen molar-refractivity contribution in [2.45, 2.75) is 26.3 Å². The molecule has 1 heterocycles. The number of esters is 1. The van der Waals surface area contributed by atoms with Gasteiger partial charge in [0.25, 0.3) is 23.6 Å². The van der Waals surface area contributed by atoms with E-state index in [1.165, 1.54) is 24.3 Å². The highest BCUT2D eigenvalue weighted by Gasteiger charge is 2.43. The summed E-state index contributed by atoms with van der Waals surface area (Å²) in [4.78, 5) is 63.3. The maximum Gasteiger partial charge on any atom is 0.329 e. The Hall–Kier alpha value is -3.72. The molecule has 0 saturated heterocycles. The summed E-state index contributed by atoms with van der Waals surface area (Å²) in [5.41, 5.74) is 4.87. The van der Waals surface area contributed by atoms with Crippen LogP contribution in [0.1, 0.15) is 51.3 Å². The Labute approximate surface area is 195 Å². The van der Waals surface area contributed by atoms with Crippen LogP contribution in [0.4, 0.5) is 0 Å². The van der Waals surface area contributed by atoms with Crippen LogP contribution >= 0.6 is 11.6 Å². The number of imide groups is 1. The lowest BCUT2D eigenvalue weighted by atomic mass is 10.0. The van der Waals surface area contributed by atoms with Crippen LogP contribution in [-0.4, -0.2) is 47.1 Å². The summed E-state index contributed by atoms with van der Waals surface area (Å²) in [6, 6.07) is 11.4. The van der Waals surface area contributed by atoms with Gasteiger partial charge >= 0.3 is 5.97 Å². The van der Waals surface area contributed by atoms with E-state index in [0.29, 0.717) is 0 Å². The van der Waals surface area contributed by atoms with Crippen LogP contribution in [0.15, 0.2) is 48.5 Å². The van der Waals surface area contributed by atoms with Gasteiger partial charge in [-0.3, -0.25) is 34.9 Å². The molecular weight excluding hydrogens is 450 g/mol. The van der Waals surface area contributed by atoms with Gasteiger partial charge in [-0.25, -0.2) is 4.79 Å². The van der Waals surface area contributed by atoms with E-state index in [2.05, 4.69) is 10.9 Å². The van der Waals surface area contributed by atoms with E-state index >= 15 is 0 Å². The quantitative estimate of drug-likeness (QED) is 0.363. The zero-order valence-corrected chi connectivity index (χ0v) is 18.7. The molecule has 1 atom stereocenters. The molecule has 0 aromatic heterocycles. The average molecular weight is 472 g/mol. The molecule has 0 aliphatic carbocycles. The monoisotopic (exact) mass is 471 g/mol. The molecule has 3 rings (SSSR count). The van der Waals surface area contributed by atoms with Crippen molar-refractivity contribution in [3.05, 3.63) is 70.2 Å². The van der Waals surface area contributed by atoms with Crippen molar-refractivity contribution in [3.8, 4) is 0 Å². The van der Waals surface area contributed by atoms with Crippen molar-refractivity contribution < 1.29 is 28.7 Å². The van der Waals surface area contributed by atoms with Crippen molar-refractivity contribution in [3.63, 3.8) is 0 Å². The fourth-order valence-electron chi connectivity index (χ4n) is 3.35. The zero-order chi connectivity index (χ0) is 24.1. The molecule has 0 radical (unpaired) electrons. The number of fused-ring (bicyclic) bond motifs is 1. The number of nitrogens with one attached hydrogen (secondary N) is 2. The maximum absolute atomic E-state index is 12.8. The Morgan fingerprint density at radius 2 is 1.52 bits per heavy atom. The van der Waals surface area contributed by atoms with Crippen molar-refractivity contribution in [1.82, 2.24) is 15.8 Å². The Morgan fingerprint density at radius 3 is 2.09 bits per heavy atom. The smallest absolute Gasteiger partial charge is 0.329 e. The van der Waals surface area contributed by atoms with E-state index < -0.39 is 42.2 Å². The minimum absolute atomic E-state index is 0.0457. The molecule has 172 valence electrons. The number of hydrogen-bond donors (Lipinski definition) is 2. The number of carbonyl (C=O) groups excluding carboxylic acids is 5. The number of hydrogen-bond acceptors (Lipinski definition) is 6. The zero-order valence-electron chi connectivity index (χ0n) is 18.0. The lowest BCUT2D eigenvalue weighted by Crippen LogP contribution is -2.48. The van der Waals surface area contributed by atoms with Gasteiger partial charge in [-0.2, -0.15) is 0 Å². The highest BCUT2D eigenvalue weighted by molar-refractivity contribution is 6.33. The van der Waals surface area contributed by atoms with Crippen molar-refractivity contribution >= 4 is 41.2 Å². The van der Waals surface area contributed by atoms with Crippen LogP contribution in [0.25, 0.3) is 0 Å². The summed E-state index contributed by atoms with van der Waals surface area (Å²) < 4.78 is 5.06. The van der Waals surface area contributed by atoms with E-state index in [0.717, 1.165) is 4.90 Å². The molecule has 9 nitrogen and oxygen atoms in total. The Kier molecular flexibility index (Phi) is 7.44. The Morgan fingerprint density at radius 1 is 0.939 bits per heavy atom. The van der Waals surface area contributed by atoms with Gasteiger partial charge in [-0.15, -0.1) is 0 Å². The maximum atomic E-state index is 12.8. The largest absolute Gasteiger partial charge is 0.454 e. The van der Waals surface area contributed by atoms with Crippen molar-refractivity contribution in [2.75, 3.05) is 6.61 Å². The van der Waals surface area contributed by atoms with E-state index in [9.17, 15) is 24.0 Å². The minimum Gasteiger partial charge on any atom is -0.454 e. The van der Waals surface area contributed by atoms with E-state index in [4.69, 9.17) is 16.3 Å². The number of amides is 4. The third-order valence-electron chi connectivity index (χ3n) is 4.88. The van der Waals surface area contributed by atoms with Crippen molar-refractivity contribution in [1.29, 1.82) is 0 Å². The van der Waals surface area contributed by atoms with Gasteiger partial charge in [-0.05, 0) is 36.6 Å². The third kappa shape index (κ3) is 5.38. The number of carbonyl (C=O) groups is 5. The van der Waals surface area contributed by atoms with Crippen LogP contribution in [0.5, 0.6) is 0 Å². The van der Waals surface area contributed by atoms with Crippen LogP contribution in [0.2, 0.25) is 5.02 Å². The molecule has 1 aliphatic heterocycles. The molecule has 2 aromatic rings. The van der Waals surface area contributed by atoms with E-state index in [1.54, 1.807) is 24.3 Å². The van der Waals surface area contributed by atoms with Gasteiger partial charge < -0.3 is 4.74 Å². The number of benzene rings is 2. The predicted molar refractivity (Wildman–Crippen MR) is 118 cm³/mol. The second-order valence-electron chi connectivity index (χ2n) is 7.76. The molecule has 4 amide bonds. The fraction of sp³-hybridized carbons (Fsp3) is 0.261. The summed E-state index contributed by atoms with van der Waals surface area (Å²) in [5, 5.41) is 0.202. The lowest BCUT2D eigenvalue weighted by Gasteiger charge is -2.25. The molecule has 33 heavy (non-hydrogen) atoms. The fourth-order valence-corrected chi connectivity index (χ4v) is 3.57. The number of ether oxygens (including phenoxy) is 1. The summed E-state index contributed by atoms with van der Waals surface area (Å²) in [6.07, 6.45) is 0.162. The number of hydrazine groups is 1. The first-order chi connectivity index (χ1) is 15.7. The van der Waals surface area contributed by atoms with Gasteiger partial charge in [0.1, 0.15) is 6.04 Å². The molecule has 0 spiro atoms. The summed E-state index contributed by atoms with van der Waals surface area (Å²) in [6.45, 7) is 2.93.